The summed E-state index contributed by atoms with van der Waals surface area (Å²) < 4.78 is 27.9. The summed E-state index contributed by atoms with van der Waals surface area (Å²) in [6, 6.07) is 11.4. The first-order chi connectivity index (χ1) is 13.3. The highest BCUT2D eigenvalue weighted by atomic mass is 35.5. The number of anilines is 1. The van der Waals surface area contributed by atoms with Crippen molar-refractivity contribution in [2.75, 3.05) is 17.3 Å². The number of amides is 1. The summed E-state index contributed by atoms with van der Waals surface area (Å²) >= 11 is 13.4. The average molecular weight is 458 g/mol. The summed E-state index contributed by atoms with van der Waals surface area (Å²) in [5.74, 6) is 0.0214. The Morgan fingerprint density at radius 3 is 2.68 bits per heavy atom. The molecule has 0 aliphatic heterocycles. The molecule has 1 amide bonds. The predicted molar refractivity (Wildman–Crippen MR) is 113 cm³/mol. The fraction of sp³-hybridized carbons (Fsp3) is 0.222. The van der Waals surface area contributed by atoms with Crippen LogP contribution in [0.2, 0.25) is 10.0 Å². The van der Waals surface area contributed by atoms with Crippen molar-refractivity contribution in [3.63, 3.8) is 0 Å². The lowest BCUT2D eigenvalue weighted by atomic mass is 10.2. The van der Waals surface area contributed by atoms with Crippen LogP contribution in [0, 0.1) is 11.3 Å². The Hall–Kier alpha value is -1.76. The van der Waals surface area contributed by atoms with Gasteiger partial charge in [0, 0.05) is 10.7 Å². The van der Waals surface area contributed by atoms with Gasteiger partial charge in [0.15, 0.2) is 0 Å². The molecule has 0 saturated carbocycles. The molecule has 2 aromatic rings. The van der Waals surface area contributed by atoms with Crippen LogP contribution in [0.3, 0.4) is 0 Å². The Morgan fingerprint density at radius 1 is 1.25 bits per heavy atom. The third kappa shape index (κ3) is 6.12. The normalized spacial score (nSPS) is 12.2. The molecule has 0 aliphatic carbocycles. The Morgan fingerprint density at radius 2 is 2.00 bits per heavy atom. The van der Waals surface area contributed by atoms with Gasteiger partial charge in [-0.25, -0.2) is 8.42 Å². The number of nitriles is 1. The highest BCUT2D eigenvalue weighted by molar-refractivity contribution is 7.98. The van der Waals surface area contributed by atoms with Crippen molar-refractivity contribution in [2.24, 2.45) is 0 Å². The van der Waals surface area contributed by atoms with Crippen LogP contribution in [0.1, 0.15) is 12.0 Å². The van der Waals surface area contributed by atoms with E-state index in [0.29, 0.717) is 17.0 Å². The molecule has 6 nitrogen and oxygen atoms in total. The van der Waals surface area contributed by atoms with E-state index in [0.717, 1.165) is 0 Å². The summed E-state index contributed by atoms with van der Waals surface area (Å²) in [5, 5.41) is 11.8. The number of carbonyl (C=O) groups excluding carboxylic acids is 1. The standard InChI is InChI=1S/C18H17Cl2N3O3S2/c1-27-8-7-16(18(24)22-14-4-2-3-12(9-14)11-21)23-28(25,26)17-10-13(19)5-6-15(17)20/h2-6,9-10,16,23H,7-8H2,1H3,(H,22,24). The number of nitrogens with one attached hydrogen (secondary N) is 2. The second kappa shape index (κ2) is 10.1. The molecular formula is C18H17Cl2N3O3S2. The van der Waals surface area contributed by atoms with Gasteiger partial charge in [0.2, 0.25) is 15.9 Å². The monoisotopic (exact) mass is 457 g/mol. The third-order valence-electron chi connectivity index (χ3n) is 3.67. The van der Waals surface area contributed by atoms with Crippen LogP contribution >= 0.6 is 35.0 Å². The predicted octanol–water partition coefficient (Wildman–Crippen LogP) is 3.90. The average Bonchev–Trinajstić information content (AvgIpc) is 2.66. The summed E-state index contributed by atoms with van der Waals surface area (Å²) in [6.45, 7) is 0. The second-order valence-electron chi connectivity index (χ2n) is 5.71. The molecular weight excluding hydrogens is 441 g/mol. The zero-order valence-corrected chi connectivity index (χ0v) is 17.9. The SMILES string of the molecule is CSCCC(NS(=O)(=O)c1cc(Cl)ccc1Cl)C(=O)Nc1cccc(C#N)c1. The van der Waals surface area contributed by atoms with E-state index in [2.05, 4.69) is 10.0 Å². The van der Waals surface area contributed by atoms with Crippen molar-refractivity contribution in [3.05, 3.63) is 58.1 Å². The molecule has 0 bridgehead atoms. The number of halogens is 2. The molecule has 0 saturated heterocycles. The molecule has 148 valence electrons. The number of hydrogen-bond donors (Lipinski definition) is 2. The van der Waals surface area contributed by atoms with Gasteiger partial charge in [-0.3, -0.25) is 4.79 Å². The topological polar surface area (TPSA) is 99.1 Å². The van der Waals surface area contributed by atoms with E-state index < -0.39 is 22.0 Å². The maximum absolute atomic E-state index is 12.8. The first-order valence-corrected chi connectivity index (χ1v) is 11.7. The van der Waals surface area contributed by atoms with E-state index >= 15 is 0 Å². The number of benzene rings is 2. The molecule has 2 aromatic carbocycles. The molecule has 2 rings (SSSR count). The van der Waals surface area contributed by atoms with Gasteiger partial charge < -0.3 is 5.32 Å². The zero-order chi connectivity index (χ0) is 20.7. The van der Waals surface area contributed by atoms with Crippen LogP contribution in [-0.2, 0) is 14.8 Å². The van der Waals surface area contributed by atoms with Crippen molar-refractivity contribution in [1.82, 2.24) is 4.72 Å². The summed E-state index contributed by atoms with van der Waals surface area (Å²) in [4.78, 5) is 12.5. The first kappa shape index (κ1) is 22.5. The van der Waals surface area contributed by atoms with Crippen molar-refractivity contribution < 1.29 is 13.2 Å². The van der Waals surface area contributed by atoms with E-state index in [4.69, 9.17) is 28.5 Å². The van der Waals surface area contributed by atoms with E-state index in [-0.39, 0.29) is 21.4 Å². The van der Waals surface area contributed by atoms with Crippen molar-refractivity contribution in [3.8, 4) is 6.07 Å². The molecule has 2 N–H and O–H groups in total. The molecule has 0 heterocycles. The highest BCUT2D eigenvalue weighted by Crippen LogP contribution is 2.25. The Kier molecular flexibility index (Phi) is 8.16. The van der Waals surface area contributed by atoms with Crippen LogP contribution in [0.4, 0.5) is 5.69 Å². The quantitative estimate of drug-likeness (QED) is 0.625. The van der Waals surface area contributed by atoms with Gasteiger partial charge in [-0.2, -0.15) is 21.7 Å². The van der Waals surface area contributed by atoms with Crippen molar-refractivity contribution in [1.29, 1.82) is 5.26 Å². The van der Waals surface area contributed by atoms with Gasteiger partial charge in [-0.1, -0.05) is 29.3 Å². The minimum absolute atomic E-state index is 0.00245. The summed E-state index contributed by atoms with van der Waals surface area (Å²) in [5.41, 5.74) is 0.781. The van der Waals surface area contributed by atoms with Gasteiger partial charge in [0.25, 0.3) is 0 Å². The second-order valence-corrected chi connectivity index (χ2v) is 9.22. The Balaban J connectivity index is 2.25. The number of hydrogen-bond acceptors (Lipinski definition) is 5. The van der Waals surface area contributed by atoms with Gasteiger partial charge in [-0.05, 0) is 54.8 Å². The van der Waals surface area contributed by atoms with Crippen molar-refractivity contribution in [2.45, 2.75) is 17.4 Å². The van der Waals surface area contributed by atoms with Gasteiger partial charge in [-0.15, -0.1) is 0 Å². The third-order valence-corrected chi connectivity index (χ3v) is 6.50. The van der Waals surface area contributed by atoms with Crippen LogP contribution in [0.25, 0.3) is 0 Å². The van der Waals surface area contributed by atoms with Crippen molar-refractivity contribution >= 4 is 56.6 Å². The molecule has 0 fully saturated rings. The smallest absolute Gasteiger partial charge is 0.242 e. The molecule has 0 aromatic heterocycles. The Labute approximate surface area is 178 Å². The maximum atomic E-state index is 12.8. The summed E-state index contributed by atoms with van der Waals surface area (Å²) in [7, 11) is -4.08. The van der Waals surface area contributed by atoms with E-state index in [1.54, 1.807) is 18.2 Å². The number of thioether (sulfide) groups is 1. The van der Waals surface area contributed by atoms with E-state index in [9.17, 15) is 13.2 Å². The molecule has 10 heteroatoms. The molecule has 1 unspecified atom stereocenters. The minimum Gasteiger partial charge on any atom is -0.325 e. The van der Waals surface area contributed by atoms with Gasteiger partial charge >= 0.3 is 0 Å². The van der Waals surface area contributed by atoms with Gasteiger partial charge in [0.1, 0.15) is 10.9 Å². The molecule has 28 heavy (non-hydrogen) atoms. The molecule has 0 spiro atoms. The number of carbonyl (C=O) groups is 1. The lowest BCUT2D eigenvalue weighted by molar-refractivity contribution is -0.117. The minimum atomic E-state index is -4.08. The number of rotatable bonds is 8. The number of nitrogens with zero attached hydrogens (tertiary/aromatic N) is 1. The highest BCUT2D eigenvalue weighted by Gasteiger charge is 2.27. The van der Waals surface area contributed by atoms with Crippen LogP contribution in [-0.4, -0.2) is 32.4 Å². The van der Waals surface area contributed by atoms with Crippen LogP contribution in [0.15, 0.2) is 47.4 Å². The van der Waals surface area contributed by atoms with Crippen LogP contribution in [0.5, 0.6) is 0 Å². The molecule has 1 atom stereocenters. The lowest BCUT2D eigenvalue weighted by Gasteiger charge is -2.19. The largest absolute Gasteiger partial charge is 0.325 e. The Bertz CT molecular complexity index is 1010. The first-order valence-electron chi connectivity index (χ1n) is 8.04. The van der Waals surface area contributed by atoms with E-state index in [1.165, 1.54) is 36.0 Å². The fourth-order valence-electron chi connectivity index (χ4n) is 2.31. The molecule has 0 radical (unpaired) electrons. The van der Waals surface area contributed by atoms with Gasteiger partial charge in [0.05, 0.1) is 16.7 Å². The van der Waals surface area contributed by atoms with Crippen LogP contribution < -0.4 is 10.0 Å². The maximum Gasteiger partial charge on any atom is 0.242 e. The zero-order valence-electron chi connectivity index (χ0n) is 14.8. The summed E-state index contributed by atoms with van der Waals surface area (Å²) in [6.07, 6.45) is 2.12. The molecule has 0 aliphatic rings. The fourth-order valence-corrected chi connectivity index (χ4v) is 4.77. The lowest BCUT2D eigenvalue weighted by Crippen LogP contribution is -2.44. The van der Waals surface area contributed by atoms with E-state index in [1.807, 2.05) is 12.3 Å². The number of sulfonamides is 1.